The van der Waals surface area contributed by atoms with E-state index in [-0.39, 0.29) is 11.0 Å². The summed E-state index contributed by atoms with van der Waals surface area (Å²) in [4.78, 5) is 12.1. The summed E-state index contributed by atoms with van der Waals surface area (Å²) in [6.45, 7) is 2.15. The average Bonchev–Trinajstić information content (AvgIpc) is 2.54. The lowest BCUT2D eigenvalue weighted by Crippen LogP contribution is -2.56. The third kappa shape index (κ3) is 10.1. The van der Waals surface area contributed by atoms with Gasteiger partial charge in [0.2, 0.25) is 9.70 Å². The number of rotatable bonds is 9. The van der Waals surface area contributed by atoms with Crippen molar-refractivity contribution in [1.82, 2.24) is 10.6 Å². The highest BCUT2D eigenvalue weighted by Crippen LogP contribution is 2.29. The van der Waals surface area contributed by atoms with Crippen LogP contribution in [0.2, 0.25) is 0 Å². The summed E-state index contributed by atoms with van der Waals surface area (Å²) in [5.74, 6) is -0.178. The standard InChI is InChI=1S/C17H24Cl3N3OS/c1-2-3-4-5-9-12-14(24)22-15(17(18,19)20)23-16(25)21-13-10-7-6-8-11-13/h6-8,10-11,15H,2-5,9,12H2,1H3,(H,22,24)(H2,21,23,25)/t15-/m0/s1. The Bertz CT molecular complexity index is 538. The summed E-state index contributed by atoms with van der Waals surface area (Å²) >= 11 is 23.1. The van der Waals surface area contributed by atoms with Crippen LogP contribution in [0.5, 0.6) is 0 Å². The molecule has 25 heavy (non-hydrogen) atoms. The van der Waals surface area contributed by atoms with E-state index in [0.29, 0.717) is 6.42 Å². The predicted octanol–water partition coefficient (Wildman–Crippen LogP) is 5.15. The molecule has 0 bridgehead atoms. The molecular formula is C17H24Cl3N3OS. The number of halogens is 3. The molecule has 0 saturated heterocycles. The maximum absolute atomic E-state index is 12.1. The van der Waals surface area contributed by atoms with E-state index in [0.717, 1.165) is 31.4 Å². The molecule has 1 aromatic rings. The lowest BCUT2D eigenvalue weighted by Gasteiger charge is -2.27. The zero-order valence-corrected chi connectivity index (χ0v) is 17.2. The van der Waals surface area contributed by atoms with Crippen LogP contribution in [0.4, 0.5) is 5.69 Å². The summed E-state index contributed by atoms with van der Waals surface area (Å²) in [5.41, 5.74) is 0.797. The fourth-order valence-electron chi connectivity index (χ4n) is 2.14. The zero-order chi connectivity index (χ0) is 18.7. The Hall–Kier alpha value is -0.750. The fraction of sp³-hybridized carbons (Fsp3) is 0.529. The van der Waals surface area contributed by atoms with Gasteiger partial charge in [0.05, 0.1) is 0 Å². The van der Waals surface area contributed by atoms with Crippen molar-refractivity contribution < 1.29 is 4.79 Å². The molecule has 0 unspecified atom stereocenters. The minimum absolute atomic E-state index is 0.178. The Morgan fingerprint density at radius 2 is 1.72 bits per heavy atom. The quantitative estimate of drug-likeness (QED) is 0.222. The van der Waals surface area contributed by atoms with Crippen molar-refractivity contribution in [2.75, 3.05) is 5.32 Å². The van der Waals surface area contributed by atoms with E-state index < -0.39 is 9.96 Å². The Morgan fingerprint density at radius 3 is 2.32 bits per heavy atom. The summed E-state index contributed by atoms with van der Waals surface area (Å²) in [5, 5.41) is 8.76. The van der Waals surface area contributed by atoms with E-state index >= 15 is 0 Å². The largest absolute Gasteiger partial charge is 0.339 e. The third-order valence-electron chi connectivity index (χ3n) is 3.45. The molecule has 0 aliphatic carbocycles. The maximum atomic E-state index is 12.1. The molecule has 4 nitrogen and oxygen atoms in total. The summed E-state index contributed by atoms with van der Waals surface area (Å²) in [7, 11) is 0. The van der Waals surface area contributed by atoms with Gasteiger partial charge in [-0.25, -0.2) is 0 Å². The molecule has 1 amide bonds. The highest BCUT2D eigenvalue weighted by Gasteiger charge is 2.34. The number of thiocarbonyl (C=S) groups is 1. The number of amides is 1. The van der Waals surface area contributed by atoms with Gasteiger partial charge in [-0.1, -0.05) is 85.6 Å². The van der Waals surface area contributed by atoms with E-state index in [1.54, 1.807) is 0 Å². The Kier molecular flexibility index (Phi) is 10.5. The van der Waals surface area contributed by atoms with Gasteiger partial charge in [-0.15, -0.1) is 0 Å². The van der Waals surface area contributed by atoms with E-state index in [4.69, 9.17) is 47.0 Å². The van der Waals surface area contributed by atoms with Crippen LogP contribution in [0.25, 0.3) is 0 Å². The molecule has 0 spiro atoms. The first-order valence-corrected chi connectivity index (χ1v) is 9.85. The van der Waals surface area contributed by atoms with Crippen LogP contribution in [0.15, 0.2) is 30.3 Å². The second-order valence-electron chi connectivity index (χ2n) is 5.67. The number of alkyl halides is 3. The highest BCUT2D eigenvalue weighted by molar-refractivity contribution is 7.80. The topological polar surface area (TPSA) is 53.2 Å². The smallest absolute Gasteiger partial charge is 0.228 e. The summed E-state index contributed by atoms with van der Waals surface area (Å²) < 4.78 is -1.74. The van der Waals surface area contributed by atoms with Gasteiger partial charge in [-0.05, 0) is 30.8 Å². The van der Waals surface area contributed by atoms with Crippen LogP contribution in [-0.4, -0.2) is 21.0 Å². The summed E-state index contributed by atoms with van der Waals surface area (Å²) in [6.07, 6.45) is 4.76. The number of nitrogens with one attached hydrogen (secondary N) is 3. The van der Waals surface area contributed by atoms with Gasteiger partial charge in [-0.2, -0.15) is 0 Å². The number of anilines is 1. The Morgan fingerprint density at radius 1 is 1.08 bits per heavy atom. The second kappa shape index (κ2) is 11.8. The Balaban J connectivity index is 2.48. The molecule has 140 valence electrons. The molecule has 3 N–H and O–H groups in total. The molecular weight excluding hydrogens is 401 g/mol. The van der Waals surface area contributed by atoms with Crippen LogP contribution >= 0.6 is 47.0 Å². The minimum atomic E-state index is -1.74. The molecule has 0 aromatic heterocycles. The SMILES string of the molecule is CCCCCCCC(=O)N[C@@H](NC(=S)Nc1ccccc1)C(Cl)(Cl)Cl. The van der Waals surface area contributed by atoms with Gasteiger partial charge in [0, 0.05) is 12.1 Å². The predicted molar refractivity (Wildman–Crippen MR) is 111 cm³/mol. The van der Waals surface area contributed by atoms with Crippen LogP contribution in [0, 0.1) is 0 Å². The van der Waals surface area contributed by atoms with Gasteiger partial charge in [0.15, 0.2) is 5.11 Å². The minimum Gasteiger partial charge on any atom is -0.339 e. The van der Waals surface area contributed by atoms with Gasteiger partial charge in [-0.3, -0.25) is 4.79 Å². The van der Waals surface area contributed by atoms with Crippen LogP contribution in [0.1, 0.15) is 45.4 Å². The van der Waals surface area contributed by atoms with Crippen molar-refractivity contribution in [3.8, 4) is 0 Å². The molecule has 1 rings (SSSR count). The van der Waals surface area contributed by atoms with Crippen molar-refractivity contribution in [3.05, 3.63) is 30.3 Å². The van der Waals surface area contributed by atoms with Gasteiger partial charge < -0.3 is 16.0 Å². The van der Waals surface area contributed by atoms with Crippen molar-refractivity contribution in [2.45, 2.75) is 55.4 Å². The van der Waals surface area contributed by atoms with Crippen molar-refractivity contribution in [1.29, 1.82) is 0 Å². The molecule has 0 radical (unpaired) electrons. The van der Waals surface area contributed by atoms with E-state index in [9.17, 15) is 4.79 Å². The normalized spacial score (nSPS) is 12.3. The van der Waals surface area contributed by atoms with E-state index in [2.05, 4.69) is 22.9 Å². The lowest BCUT2D eigenvalue weighted by molar-refractivity contribution is -0.122. The number of benzene rings is 1. The van der Waals surface area contributed by atoms with Crippen molar-refractivity contribution in [3.63, 3.8) is 0 Å². The van der Waals surface area contributed by atoms with E-state index in [1.807, 2.05) is 30.3 Å². The van der Waals surface area contributed by atoms with Gasteiger partial charge in [0.1, 0.15) is 6.17 Å². The van der Waals surface area contributed by atoms with Crippen molar-refractivity contribution >= 4 is 63.7 Å². The highest BCUT2D eigenvalue weighted by atomic mass is 35.6. The maximum Gasteiger partial charge on any atom is 0.228 e. The molecule has 0 saturated carbocycles. The fourth-order valence-corrected chi connectivity index (χ4v) is 2.70. The first-order chi connectivity index (χ1) is 11.8. The van der Waals surface area contributed by atoms with E-state index in [1.165, 1.54) is 6.42 Å². The number of hydrogen-bond donors (Lipinski definition) is 3. The van der Waals surface area contributed by atoms with Gasteiger partial charge in [0.25, 0.3) is 0 Å². The Labute approximate surface area is 170 Å². The molecule has 1 aromatic carbocycles. The molecule has 8 heteroatoms. The van der Waals surface area contributed by atoms with Crippen LogP contribution in [-0.2, 0) is 4.79 Å². The molecule has 0 heterocycles. The molecule has 0 fully saturated rings. The number of carbonyl (C=O) groups excluding carboxylic acids is 1. The summed E-state index contributed by atoms with van der Waals surface area (Å²) in [6, 6.07) is 9.35. The molecule has 0 aliphatic rings. The lowest BCUT2D eigenvalue weighted by atomic mass is 10.1. The van der Waals surface area contributed by atoms with Crippen molar-refractivity contribution in [2.24, 2.45) is 0 Å². The zero-order valence-electron chi connectivity index (χ0n) is 14.2. The van der Waals surface area contributed by atoms with Gasteiger partial charge >= 0.3 is 0 Å². The first kappa shape index (κ1) is 22.3. The number of para-hydroxylation sites is 1. The number of hydrogen-bond acceptors (Lipinski definition) is 2. The van der Waals surface area contributed by atoms with Crippen LogP contribution in [0.3, 0.4) is 0 Å². The number of carbonyl (C=O) groups is 1. The van der Waals surface area contributed by atoms with Crippen LogP contribution < -0.4 is 16.0 Å². The monoisotopic (exact) mass is 423 g/mol. The average molecular weight is 425 g/mol. The second-order valence-corrected chi connectivity index (χ2v) is 8.45. The molecule has 1 atom stereocenters. The first-order valence-electron chi connectivity index (χ1n) is 8.31. The third-order valence-corrected chi connectivity index (χ3v) is 4.32. The number of unbranched alkanes of at least 4 members (excludes halogenated alkanes) is 4. The molecule has 0 aliphatic heterocycles.